The molecule has 4 N–H and O–H groups in total. The first kappa shape index (κ1) is 15.5. The van der Waals surface area contributed by atoms with Crippen LogP contribution in [0.25, 0.3) is 0 Å². The number of carbonyl (C=O) groups is 2. The highest BCUT2D eigenvalue weighted by molar-refractivity contribution is 7.09. The fourth-order valence-electron chi connectivity index (χ4n) is 1.33. The number of thiazole rings is 1. The van der Waals surface area contributed by atoms with Crippen molar-refractivity contribution in [2.75, 3.05) is 13.7 Å². The number of ether oxygens (including phenoxy) is 1. The smallest absolute Gasteiger partial charge is 0.326 e. The van der Waals surface area contributed by atoms with Gasteiger partial charge in [0.25, 0.3) is 5.91 Å². The topological polar surface area (TPSA) is 115 Å². The Balaban J connectivity index is 2.67. The van der Waals surface area contributed by atoms with Crippen molar-refractivity contribution in [3.63, 3.8) is 0 Å². The van der Waals surface area contributed by atoms with Crippen LogP contribution in [-0.4, -0.2) is 41.7 Å². The molecule has 0 aromatic carbocycles. The Morgan fingerprint density at radius 2 is 2.32 bits per heavy atom. The van der Waals surface area contributed by atoms with Gasteiger partial charge in [0.1, 0.15) is 16.7 Å². The van der Waals surface area contributed by atoms with Crippen LogP contribution in [0.5, 0.6) is 0 Å². The maximum atomic E-state index is 11.8. The Bertz CT molecular complexity index is 447. The fourth-order valence-corrected chi connectivity index (χ4v) is 2.08. The van der Waals surface area contributed by atoms with Crippen molar-refractivity contribution in [2.45, 2.75) is 25.4 Å². The first-order valence-electron chi connectivity index (χ1n) is 5.69. The molecule has 106 valence electrons. The van der Waals surface area contributed by atoms with Crippen LogP contribution >= 0.6 is 11.3 Å². The highest BCUT2D eigenvalue weighted by Gasteiger charge is 2.22. The van der Waals surface area contributed by atoms with E-state index in [4.69, 9.17) is 15.6 Å². The van der Waals surface area contributed by atoms with Gasteiger partial charge in [-0.15, -0.1) is 11.3 Å². The third-order valence-electron chi connectivity index (χ3n) is 2.36. The van der Waals surface area contributed by atoms with Crippen LogP contribution in [0.3, 0.4) is 0 Å². The summed E-state index contributed by atoms with van der Waals surface area (Å²) in [6.07, 6.45) is 0.196. The molecule has 0 radical (unpaired) electrons. The molecule has 0 saturated heterocycles. The molecule has 0 bridgehead atoms. The van der Waals surface area contributed by atoms with Gasteiger partial charge in [-0.2, -0.15) is 0 Å². The molecule has 2 atom stereocenters. The SMILES string of the molecule is COCCC(NC(=O)c1csc(C(C)N)n1)C(=O)O. The van der Waals surface area contributed by atoms with Crippen molar-refractivity contribution in [3.8, 4) is 0 Å². The van der Waals surface area contributed by atoms with Crippen molar-refractivity contribution >= 4 is 23.2 Å². The van der Waals surface area contributed by atoms with Crippen LogP contribution in [0.1, 0.15) is 34.9 Å². The van der Waals surface area contributed by atoms with Crippen LogP contribution < -0.4 is 11.1 Å². The molecule has 0 aliphatic carbocycles. The maximum Gasteiger partial charge on any atom is 0.326 e. The molecule has 0 fully saturated rings. The number of nitrogens with one attached hydrogen (secondary N) is 1. The van der Waals surface area contributed by atoms with E-state index in [0.29, 0.717) is 5.01 Å². The van der Waals surface area contributed by atoms with Crippen LogP contribution in [-0.2, 0) is 9.53 Å². The third kappa shape index (κ3) is 4.58. The normalized spacial score (nSPS) is 13.8. The number of nitrogens with two attached hydrogens (primary N) is 1. The predicted octanol–water partition coefficient (Wildman–Crippen LogP) is 0.382. The third-order valence-corrected chi connectivity index (χ3v) is 3.40. The van der Waals surface area contributed by atoms with Gasteiger partial charge in [-0.05, 0) is 6.92 Å². The Morgan fingerprint density at radius 1 is 1.63 bits per heavy atom. The minimum absolute atomic E-state index is 0.181. The minimum Gasteiger partial charge on any atom is -0.480 e. The summed E-state index contributed by atoms with van der Waals surface area (Å²) in [4.78, 5) is 26.9. The lowest BCUT2D eigenvalue weighted by Gasteiger charge is -2.12. The zero-order valence-electron chi connectivity index (χ0n) is 10.8. The second kappa shape index (κ2) is 7.17. The number of rotatable bonds is 7. The van der Waals surface area contributed by atoms with Gasteiger partial charge in [-0.3, -0.25) is 4.79 Å². The molecule has 1 rings (SSSR count). The molecular weight excluding hydrogens is 270 g/mol. The van der Waals surface area contributed by atoms with Gasteiger partial charge >= 0.3 is 5.97 Å². The van der Waals surface area contributed by atoms with E-state index in [1.54, 1.807) is 12.3 Å². The van der Waals surface area contributed by atoms with Crippen LogP contribution in [0, 0.1) is 0 Å². The average Bonchev–Trinajstić information content (AvgIpc) is 2.83. The monoisotopic (exact) mass is 287 g/mol. The molecule has 7 nitrogen and oxygen atoms in total. The fraction of sp³-hybridized carbons (Fsp3) is 0.545. The van der Waals surface area contributed by atoms with Crippen molar-refractivity contribution < 1.29 is 19.4 Å². The van der Waals surface area contributed by atoms with E-state index in [1.807, 2.05) is 0 Å². The number of amides is 1. The summed E-state index contributed by atoms with van der Waals surface area (Å²) in [5, 5.41) is 13.6. The molecule has 1 amide bonds. The van der Waals surface area contributed by atoms with Gasteiger partial charge in [0.15, 0.2) is 0 Å². The van der Waals surface area contributed by atoms with Gasteiger partial charge in [-0.25, -0.2) is 9.78 Å². The molecule has 0 aliphatic rings. The first-order chi connectivity index (χ1) is 8.95. The van der Waals surface area contributed by atoms with E-state index in [0.717, 1.165) is 0 Å². The van der Waals surface area contributed by atoms with E-state index in [1.165, 1.54) is 18.4 Å². The van der Waals surface area contributed by atoms with E-state index in [-0.39, 0.29) is 24.8 Å². The summed E-state index contributed by atoms with van der Waals surface area (Å²) in [6, 6.07) is -1.25. The molecular formula is C11H17N3O4S. The van der Waals surface area contributed by atoms with Gasteiger partial charge in [-0.1, -0.05) is 0 Å². The summed E-state index contributed by atoms with van der Waals surface area (Å²) >= 11 is 1.27. The molecule has 1 heterocycles. The second-order valence-electron chi connectivity index (χ2n) is 4.01. The summed E-state index contributed by atoms with van der Waals surface area (Å²) < 4.78 is 4.80. The highest BCUT2D eigenvalue weighted by atomic mass is 32.1. The number of methoxy groups -OCH3 is 1. The lowest BCUT2D eigenvalue weighted by molar-refractivity contribution is -0.139. The standard InChI is InChI=1S/C11H17N3O4S/c1-6(12)10-14-8(5-19-10)9(15)13-7(11(16)17)3-4-18-2/h5-7H,3-4,12H2,1-2H3,(H,13,15)(H,16,17). The van der Waals surface area contributed by atoms with Crippen molar-refractivity contribution in [2.24, 2.45) is 5.73 Å². The maximum absolute atomic E-state index is 11.8. The Kier molecular flexibility index (Phi) is 5.87. The Morgan fingerprint density at radius 3 is 2.79 bits per heavy atom. The molecule has 1 aromatic rings. The number of carbonyl (C=O) groups excluding carboxylic acids is 1. The lowest BCUT2D eigenvalue weighted by atomic mass is 10.2. The summed E-state index contributed by atoms with van der Waals surface area (Å²) in [7, 11) is 1.47. The summed E-state index contributed by atoms with van der Waals surface area (Å²) in [5.41, 5.74) is 5.83. The molecule has 0 aliphatic heterocycles. The van der Waals surface area contributed by atoms with E-state index in [2.05, 4.69) is 10.3 Å². The van der Waals surface area contributed by atoms with Crippen LogP contribution in [0.4, 0.5) is 0 Å². The number of aromatic nitrogens is 1. The first-order valence-corrected chi connectivity index (χ1v) is 6.57. The highest BCUT2D eigenvalue weighted by Crippen LogP contribution is 2.15. The van der Waals surface area contributed by atoms with Gasteiger partial charge in [0.2, 0.25) is 0 Å². The van der Waals surface area contributed by atoms with E-state index in [9.17, 15) is 9.59 Å². The number of hydrogen-bond donors (Lipinski definition) is 3. The number of nitrogens with zero attached hydrogens (tertiary/aromatic N) is 1. The van der Waals surface area contributed by atoms with E-state index >= 15 is 0 Å². The van der Waals surface area contributed by atoms with Gasteiger partial charge in [0.05, 0.1) is 6.04 Å². The lowest BCUT2D eigenvalue weighted by Crippen LogP contribution is -2.41. The van der Waals surface area contributed by atoms with Crippen molar-refractivity contribution in [1.29, 1.82) is 0 Å². The molecule has 19 heavy (non-hydrogen) atoms. The van der Waals surface area contributed by atoms with E-state index < -0.39 is 17.9 Å². The second-order valence-corrected chi connectivity index (χ2v) is 4.90. The Hall–Kier alpha value is -1.51. The Labute approximate surface area is 114 Å². The van der Waals surface area contributed by atoms with Crippen LogP contribution in [0.15, 0.2) is 5.38 Å². The molecule has 0 spiro atoms. The molecule has 0 saturated carbocycles. The number of carboxylic acid groups (broad SMARTS) is 1. The number of aliphatic carboxylic acids is 1. The average molecular weight is 287 g/mol. The quantitative estimate of drug-likeness (QED) is 0.668. The minimum atomic E-state index is -1.10. The predicted molar refractivity (Wildman–Crippen MR) is 70.1 cm³/mol. The summed E-state index contributed by atoms with van der Waals surface area (Å²) in [6.45, 7) is 2.01. The molecule has 2 unspecified atom stereocenters. The zero-order valence-corrected chi connectivity index (χ0v) is 11.6. The van der Waals surface area contributed by atoms with Crippen LogP contribution in [0.2, 0.25) is 0 Å². The summed E-state index contributed by atoms with van der Waals surface area (Å²) in [5.74, 6) is -1.63. The zero-order chi connectivity index (χ0) is 14.4. The number of carboxylic acids is 1. The largest absolute Gasteiger partial charge is 0.480 e. The molecule has 1 aromatic heterocycles. The van der Waals surface area contributed by atoms with Gasteiger partial charge in [0, 0.05) is 25.5 Å². The van der Waals surface area contributed by atoms with Gasteiger partial charge < -0.3 is 20.9 Å². The molecule has 8 heteroatoms. The number of hydrogen-bond acceptors (Lipinski definition) is 6. The van der Waals surface area contributed by atoms with Crippen molar-refractivity contribution in [3.05, 3.63) is 16.1 Å². The van der Waals surface area contributed by atoms with Crippen molar-refractivity contribution in [1.82, 2.24) is 10.3 Å².